The fourth-order valence-corrected chi connectivity index (χ4v) is 2.99. The van der Waals surface area contributed by atoms with Gasteiger partial charge in [-0.15, -0.1) is 0 Å². The quantitative estimate of drug-likeness (QED) is 0.809. The Kier molecular flexibility index (Phi) is 5.02. The Morgan fingerprint density at radius 2 is 1.96 bits per heavy atom. The van der Waals surface area contributed by atoms with E-state index in [0.717, 1.165) is 18.2 Å². The third kappa shape index (κ3) is 3.86. The standard InChI is InChI=1S/C17H21F2NO3/c1-3-17(4-2,9-15(21)22)20-16(23)13-8-11(13)12-7-10(18)5-6-14(12)19/h5-7,11,13H,3-4,8-9H2,1-2H3,(H,20,23)(H,21,22). The number of benzene rings is 1. The van der Waals surface area contributed by atoms with E-state index in [0.29, 0.717) is 19.3 Å². The topological polar surface area (TPSA) is 66.4 Å². The maximum Gasteiger partial charge on any atom is 0.305 e. The molecule has 2 atom stereocenters. The van der Waals surface area contributed by atoms with Crippen LogP contribution >= 0.6 is 0 Å². The van der Waals surface area contributed by atoms with Gasteiger partial charge in [-0.25, -0.2) is 8.78 Å². The van der Waals surface area contributed by atoms with Crippen LogP contribution < -0.4 is 5.32 Å². The number of rotatable bonds is 7. The van der Waals surface area contributed by atoms with Crippen molar-refractivity contribution in [2.24, 2.45) is 5.92 Å². The van der Waals surface area contributed by atoms with Crippen molar-refractivity contribution in [1.29, 1.82) is 0 Å². The first kappa shape index (κ1) is 17.4. The Bertz CT molecular complexity index is 614. The molecule has 0 spiro atoms. The summed E-state index contributed by atoms with van der Waals surface area (Å²) in [5, 5.41) is 11.9. The highest BCUT2D eigenvalue weighted by molar-refractivity contribution is 5.84. The average molecular weight is 325 g/mol. The first-order valence-electron chi connectivity index (χ1n) is 7.80. The van der Waals surface area contributed by atoms with Gasteiger partial charge in [0, 0.05) is 11.5 Å². The lowest BCUT2D eigenvalue weighted by molar-refractivity contribution is -0.139. The maximum atomic E-state index is 13.8. The van der Waals surface area contributed by atoms with Crippen LogP contribution in [0.1, 0.15) is 51.0 Å². The van der Waals surface area contributed by atoms with Gasteiger partial charge in [-0.3, -0.25) is 9.59 Å². The van der Waals surface area contributed by atoms with E-state index < -0.39 is 29.1 Å². The largest absolute Gasteiger partial charge is 0.481 e. The molecule has 6 heteroatoms. The van der Waals surface area contributed by atoms with Gasteiger partial charge < -0.3 is 10.4 Å². The molecule has 1 aliphatic rings. The Hall–Kier alpha value is -1.98. The molecule has 1 aromatic rings. The SMILES string of the molecule is CCC(CC)(CC(=O)O)NC(=O)C1CC1c1cc(F)ccc1F. The number of hydrogen-bond acceptors (Lipinski definition) is 2. The number of halogens is 2. The smallest absolute Gasteiger partial charge is 0.305 e. The summed E-state index contributed by atoms with van der Waals surface area (Å²) < 4.78 is 27.0. The van der Waals surface area contributed by atoms with E-state index in [1.807, 2.05) is 13.8 Å². The number of carboxylic acids is 1. The Morgan fingerprint density at radius 1 is 1.30 bits per heavy atom. The lowest BCUT2D eigenvalue weighted by Crippen LogP contribution is -2.49. The third-order valence-corrected chi connectivity index (χ3v) is 4.72. The molecule has 2 N–H and O–H groups in total. The van der Waals surface area contributed by atoms with Crippen LogP contribution in [-0.4, -0.2) is 22.5 Å². The van der Waals surface area contributed by atoms with E-state index in [4.69, 9.17) is 5.11 Å². The molecule has 1 aliphatic carbocycles. The molecule has 23 heavy (non-hydrogen) atoms. The molecule has 0 aliphatic heterocycles. The summed E-state index contributed by atoms with van der Waals surface area (Å²) in [5.41, 5.74) is -0.585. The average Bonchev–Trinajstić information content (AvgIpc) is 3.29. The predicted octanol–water partition coefficient (Wildman–Crippen LogP) is 3.22. The molecule has 2 rings (SSSR count). The molecule has 0 aromatic heterocycles. The molecule has 0 bridgehead atoms. The summed E-state index contributed by atoms with van der Waals surface area (Å²) in [6.07, 6.45) is 1.28. The van der Waals surface area contributed by atoms with Gasteiger partial charge in [0.05, 0.1) is 6.42 Å². The fraction of sp³-hybridized carbons (Fsp3) is 0.529. The van der Waals surface area contributed by atoms with Crippen molar-refractivity contribution in [1.82, 2.24) is 5.32 Å². The van der Waals surface area contributed by atoms with E-state index in [1.165, 1.54) is 0 Å². The van der Waals surface area contributed by atoms with Gasteiger partial charge in [-0.1, -0.05) is 13.8 Å². The maximum absolute atomic E-state index is 13.8. The summed E-state index contributed by atoms with van der Waals surface area (Å²) in [5.74, 6) is -3.09. The Morgan fingerprint density at radius 3 is 2.52 bits per heavy atom. The summed E-state index contributed by atoms with van der Waals surface area (Å²) in [7, 11) is 0. The predicted molar refractivity (Wildman–Crippen MR) is 80.9 cm³/mol. The van der Waals surface area contributed by atoms with Gasteiger partial charge in [-0.05, 0) is 48.9 Å². The lowest BCUT2D eigenvalue weighted by atomic mass is 9.88. The second-order valence-corrected chi connectivity index (χ2v) is 6.16. The van der Waals surface area contributed by atoms with Crippen molar-refractivity contribution in [3.63, 3.8) is 0 Å². The van der Waals surface area contributed by atoms with Crippen molar-refractivity contribution in [2.75, 3.05) is 0 Å². The minimum absolute atomic E-state index is 0.155. The van der Waals surface area contributed by atoms with Crippen LogP contribution in [0.15, 0.2) is 18.2 Å². The second kappa shape index (κ2) is 6.64. The molecule has 1 fully saturated rings. The van der Waals surface area contributed by atoms with Crippen LogP contribution in [0.2, 0.25) is 0 Å². The first-order valence-corrected chi connectivity index (χ1v) is 7.80. The molecule has 0 saturated heterocycles. The fourth-order valence-electron chi connectivity index (χ4n) is 2.99. The van der Waals surface area contributed by atoms with Crippen LogP contribution in [0, 0.1) is 17.6 Å². The van der Waals surface area contributed by atoms with Gasteiger partial charge in [0.25, 0.3) is 0 Å². The lowest BCUT2D eigenvalue weighted by Gasteiger charge is -2.31. The van der Waals surface area contributed by atoms with Crippen molar-refractivity contribution in [3.05, 3.63) is 35.4 Å². The molecule has 1 aromatic carbocycles. The monoisotopic (exact) mass is 325 g/mol. The number of carbonyl (C=O) groups excluding carboxylic acids is 1. The van der Waals surface area contributed by atoms with Gasteiger partial charge >= 0.3 is 5.97 Å². The van der Waals surface area contributed by atoms with Crippen LogP contribution in [0.25, 0.3) is 0 Å². The first-order chi connectivity index (χ1) is 10.8. The highest BCUT2D eigenvalue weighted by Gasteiger charge is 2.47. The van der Waals surface area contributed by atoms with Gasteiger partial charge in [0.15, 0.2) is 0 Å². The second-order valence-electron chi connectivity index (χ2n) is 6.16. The van der Waals surface area contributed by atoms with E-state index in [9.17, 15) is 18.4 Å². The van der Waals surface area contributed by atoms with Gasteiger partial charge in [0.1, 0.15) is 11.6 Å². The summed E-state index contributed by atoms with van der Waals surface area (Å²) >= 11 is 0. The van der Waals surface area contributed by atoms with Crippen molar-refractivity contribution >= 4 is 11.9 Å². The van der Waals surface area contributed by atoms with E-state index in [1.54, 1.807) is 0 Å². The molecule has 1 saturated carbocycles. The van der Waals surface area contributed by atoms with Gasteiger partial charge in [-0.2, -0.15) is 0 Å². The van der Waals surface area contributed by atoms with Crippen molar-refractivity contribution in [2.45, 2.75) is 51.0 Å². The van der Waals surface area contributed by atoms with Crippen LogP contribution in [0.4, 0.5) is 8.78 Å². The van der Waals surface area contributed by atoms with Crippen molar-refractivity contribution < 1.29 is 23.5 Å². The molecule has 1 amide bonds. The summed E-state index contributed by atoms with van der Waals surface area (Å²) in [4.78, 5) is 23.4. The Labute approximate surface area is 133 Å². The Balaban J connectivity index is 2.08. The molecule has 2 unspecified atom stereocenters. The minimum atomic E-state index is -0.975. The number of carboxylic acid groups (broad SMARTS) is 1. The van der Waals surface area contributed by atoms with Gasteiger partial charge in [0.2, 0.25) is 5.91 Å². The third-order valence-electron chi connectivity index (χ3n) is 4.72. The van der Waals surface area contributed by atoms with E-state index in [2.05, 4.69) is 5.32 Å². The van der Waals surface area contributed by atoms with Crippen molar-refractivity contribution in [3.8, 4) is 0 Å². The molecule has 0 heterocycles. The highest BCUT2D eigenvalue weighted by Crippen LogP contribution is 2.48. The van der Waals surface area contributed by atoms with E-state index >= 15 is 0 Å². The molecule has 4 nitrogen and oxygen atoms in total. The summed E-state index contributed by atoms with van der Waals surface area (Å²) in [6.45, 7) is 3.65. The minimum Gasteiger partial charge on any atom is -0.481 e. The zero-order chi connectivity index (χ0) is 17.2. The molecular weight excluding hydrogens is 304 g/mol. The van der Waals surface area contributed by atoms with Crippen LogP contribution in [0.5, 0.6) is 0 Å². The highest BCUT2D eigenvalue weighted by atomic mass is 19.1. The number of aliphatic carboxylic acids is 1. The van der Waals surface area contributed by atoms with E-state index in [-0.39, 0.29) is 23.8 Å². The van der Waals surface area contributed by atoms with Crippen LogP contribution in [0.3, 0.4) is 0 Å². The number of amides is 1. The van der Waals surface area contributed by atoms with Crippen LogP contribution in [-0.2, 0) is 9.59 Å². The molecule has 0 radical (unpaired) electrons. The summed E-state index contributed by atoms with van der Waals surface area (Å²) in [6, 6.07) is 3.23. The zero-order valence-corrected chi connectivity index (χ0v) is 13.2. The zero-order valence-electron chi connectivity index (χ0n) is 13.2. The number of carbonyl (C=O) groups is 2. The number of hydrogen-bond donors (Lipinski definition) is 2. The normalized spacial score (nSPS) is 20.2. The number of nitrogens with one attached hydrogen (secondary N) is 1. The molecular formula is C17H21F2NO3. The molecule has 126 valence electrons.